The zero-order valence-corrected chi connectivity index (χ0v) is 7.53. The van der Waals surface area contributed by atoms with Crippen LogP contribution in [0.5, 0.6) is 0 Å². The van der Waals surface area contributed by atoms with Crippen molar-refractivity contribution >= 4 is 11.7 Å². The summed E-state index contributed by atoms with van der Waals surface area (Å²) in [4.78, 5) is 12.9. The van der Waals surface area contributed by atoms with Crippen molar-refractivity contribution in [1.82, 2.24) is 14.7 Å². The third-order valence-electron chi connectivity index (χ3n) is 2.26. The Bertz CT molecular complexity index is 344. The number of aromatic nitrogens is 2. The molecule has 0 saturated carbocycles. The van der Waals surface area contributed by atoms with Gasteiger partial charge in [-0.1, -0.05) is 0 Å². The lowest BCUT2D eigenvalue weighted by atomic mass is 10.3. The summed E-state index contributed by atoms with van der Waals surface area (Å²) in [6.07, 6.45) is 0. The molecule has 0 aliphatic carbocycles. The van der Waals surface area contributed by atoms with Gasteiger partial charge in [0.2, 0.25) is 5.91 Å². The van der Waals surface area contributed by atoms with E-state index in [2.05, 4.69) is 5.10 Å². The molecule has 0 bridgehead atoms. The van der Waals surface area contributed by atoms with Crippen LogP contribution < -0.4 is 5.73 Å². The largest absolute Gasteiger partial charge is 0.382 e. The molecule has 0 spiro atoms. The van der Waals surface area contributed by atoms with Crippen molar-refractivity contribution in [3.05, 3.63) is 11.8 Å². The number of nitrogens with two attached hydrogens (primary N) is 1. The summed E-state index contributed by atoms with van der Waals surface area (Å²) in [5, 5.41) is 4.10. The molecule has 2 heterocycles. The zero-order valence-electron chi connectivity index (χ0n) is 7.53. The molecule has 2 N–H and O–H groups in total. The smallest absolute Gasteiger partial charge is 0.219 e. The Morgan fingerprint density at radius 2 is 2.38 bits per heavy atom. The Morgan fingerprint density at radius 3 is 3.08 bits per heavy atom. The van der Waals surface area contributed by atoms with Gasteiger partial charge in [-0.25, -0.2) is 0 Å². The molecule has 1 aromatic rings. The number of carbonyl (C=O) groups excluding carboxylic acids is 1. The van der Waals surface area contributed by atoms with Crippen LogP contribution in [-0.4, -0.2) is 27.1 Å². The third kappa shape index (κ3) is 1.37. The lowest BCUT2D eigenvalue weighted by molar-refractivity contribution is -0.130. The first kappa shape index (κ1) is 8.10. The second kappa shape index (κ2) is 2.76. The summed E-state index contributed by atoms with van der Waals surface area (Å²) in [6, 6.07) is 1.81. The fourth-order valence-corrected chi connectivity index (χ4v) is 1.56. The molecule has 2 rings (SSSR count). The number of amides is 1. The summed E-state index contributed by atoms with van der Waals surface area (Å²) in [7, 11) is 0. The van der Waals surface area contributed by atoms with Crippen LogP contribution in [0.2, 0.25) is 0 Å². The molecule has 70 valence electrons. The van der Waals surface area contributed by atoms with E-state index >= 15 is 0 Å². The monoisotopic (exact) mass is 180 g/mol. The standard InChI is InChI=1S/C8H12N4O/c1-6(13)11-2-3-12-7(5-11)4-8(9)10-12/h4H,2-3,5H2,1H3,(H2,9,10). The van der Waals surface area contributed by atoms with Crippen LogP contribution in [0.1, 0.15) is 12.6 Å². The van der Waals surface area contributed by atoms with E-state index in [1.54, 1.807) is 11.8 Å². The molecule has 0 unspecified atom stereocenters. The van der Waals surface area contributed by atoms with E-state index < -0.39 is 0 Å². The van der Waals surface area contributed by atoms with Crippen molar-refractivity contribution in [1.29, 1.82) is 0 Å². The minimum atomic E-state index is 0.103. The highest BCUT2D eigenvalue weighted by molar-refractivity contribution is 5.73. The average molecular weight is 180 g/mol. The maximum absolute atomic E-state index is 11.1. The van der Waals surface area contributed by atoms with Crippen LogP contribution >= 0.6 is 0 Å². The topological polar surface area (TPSA) is 64.2 Å². The molecule has 0 fully saturated rings. The van der Waals surface area contributed by atoms with Crippen LogP contribution in [0, 0.1) is 0 Å². The quantitative estimate of drug-likeness (QED) is 0.602. The number of hydrogen-bond donors (Lipinski definition) is 1. The van der Waals surface area contributed by atoms with Crippen LogP contribution in [0.4, 0.5) is 5.82 Å². The summed E-state index contributed by atoms with van der Waals surface area (Å²) in [6.45, 7) is 3.67. The van der Waals surface area contributed by atoms with Gasteiger partial charge in [-0.2, -0.15) is 5.10 Å². The minimum Gasteiger partial charge on any atom is -0.382 e. The van der Waals surface area contributed by atoms with E-state index in [1.165, 1.54) is 0 Å². The Hall–Kier alpha value is -1.52. The third-order valence-corrected chi connectivity index (χ3v) is 2.26. The second-order valence-corrected chi connectivity index (χ2v) is 3.22. The van der Waals surface area contributed by atoms with Crippen LogP contribution in [-0.2, 0) is 17.9 Å². The fraction of sp³-hybridized carbons (Fsp3) is 0.500. The van der Waals surface area contributed by atoms with E-state index in [-0.39, 0.29) is 5.91 Å². The van der Waals surface area contributed by atoms with Gasteiger partial charge in [-0.05, 0) is 0 Å². The van der Waals surface area contributed by atoms with E-state index in [0.29, 0.717) is 12.4 Å². The van der Waals surface area contributed by atoms with Crippen molar-refractivity contribution in [3.8, 4) is 0 Å². The van der Waals surface area contributed by atoms with Gasteiger partial charge in [-0.15, -0.1) is 0 Å². The highest BCUT2D eigenvalue weighted by Gasteiger charge is 2.18. The normalized spacial score (nSPS) is 15.6. The maximum atomic E-state index is 11.1. The molecule has 0 radical (unpaired) electrons. The van der Waals surface area contributed by atoms with Crippen LogP contribution in [0.15, 0.2) is 6.07 Å². The maximum Gasteiger partial charge on any atom is 0.219 e. The van der Waals surface area contributed by atoms with Gasteiger partial charge >= 0.3 is 0 Å². The molecule has 5 heteroatoms. The number of carbonyl (C=O) groups is 1. The summed E-state index contributed by atoms with van der Waals surface area (Å²) >= 11 is 0. The van der Waals surface area contributed by atoms with E-state index in [1.807, 2.05) is 10.7 Å². The van der Waals surface area contributed by atoms with Gasteiger partial charge in [0.25, 0.3) is 0 Å². The number of nitrogens with zero attached hydrogens (tertiary/aromatic N) is 3. The van der Waals surface area contributed by atoms with Crippen molar-refractivity contribution < 1.29 is 4.79 Å². The number of rotatable bonds is 0. The first-order valence-corrected chi connectivity index (χ1v) is 4.24. The number of fused-ring (bicyclic) bond motifs is 1. The Kier molecular flexibility index (Phi) is 1.72. The van der Waals surface area contributed by atoms with Gasteiger partial charge in [0.1, 0.15) is 5.82 Å². The lowest BCUT2D eigenvalue weighted by Crippen LogP contribution is -2.36. The predicted molar refractivity (Wildman–Crippen MR) is 47.7 cm³/mol. The molecule has 1 amide bonds. The van der Waals surface area contributed by atoms with Crippen molar-refractivity contribution in [3.63, 3.8) is 0 Å². The molecule has 1 aliphatic heterocycles. The summed E-state index contributed by atoms with van der Waals surface area (Å²) in [5.41, 5.74) is 6.56. The Labute approximate surface area is 76.1 Å². The predicted octanol–water partition coefficient (Wildman–Crippen LogP) is -0.173. The van der Waals surface area contributed by atoms with Gasteiger partial charge in [0.15, 0.2) is 0 Å². The molecule has 1 aromatic heterocycles. The number of nitrogen functional groups attached to an aromatic ring is 1. The zero-order chi connectivity index (χ0) is 9.42. The highest BCUT2D eigenvalue weighted by Crippen LogP contribution is 2.14. The molecule has 0 saturated heterocycles. The van der Waals surface area contributed by atoms with Crippen LogP contribution in [0.25, 0.3) is 0 Å². The van der Waals surface area contributed by atoms with Crippen molar-refractivity contribution in [2.45, 2.75) is 20.0 Å². The van der Waals surface area contributed by atoms with E-state index in [4.69, 9.17) is 5.73 Å². The Morgan fingerprint density at radius 1 is 1.62 bits per heavy atom. The SMILES string of the molecule is CC(=O)N1CCn2nc(N)cc2C1. The number of anilines is 1. The molecule has 0 atom stereocenters. The highest BCUT2D eigenvalue weighted by atomic mass is 16.2. The molecule has 1 aliphatic rings. The first-order chi connectivity index (χ1) is 6.16. The van der Waals surface area contributed by atoms with Gasteiger partial charge < -0.3 is 10.6 Å². The average Bonchev–Trinajstić information content (AvgIpc) is 2.42. The second-order valence-electron chi connectivity index (χ2n) is 3.22. The molecular weight excluding hydrogens is 168 g/mol. The van der Waals surface area contributed by atoms with Gasteiger partial charge in [0.05, 0.1) is 18.8 Å². The van der Waals surface area contributed by atoms with Crippen LogP contribution in [0.3, 0.4) is 0 Å². The van der Waals surface area contributed by atoms with E-state index in [9.17, 15) is 4.79 Å². The van der Waals surface area contributed by atoms with Crippen molar-refractivity contribution in [2.75, 3.05) is 12.3 Å². The van der Waals surface area contributed by atoms with Gasteiger partial charge in [-0.3, -0.25) is 9.48 Å². The molecule has 13 heavy (non-hydrogen) atoms. The summed E-state index contributed by atoms with van der Waals surface area (Å²) in [5.74, 6) is 0.631. The lowest BCUT2D eigenvalue weighted by Gasteiger charge is -2.26. The molecular formula is C8H12N4O. The summed E-state index contributed by atoms with van der Waals surface area (Å²) < 4.78 is 1.86. The fourth-order valence-electron chi connectivity index (χ4n) is 1.56. The van der Waals surface area contributed by atoms with E-state index in [0.717, 1.165) is 18.8 Å². The minimum absolute atomic E-state index is 0.103. The first-order valence-electron chi connectivity index (χ1n) is 4.24. The van der Waals surface area contributed by atoms with Crippen molar-refractivity contribution in [2.24, 2.45) is 0 Å². The molecule has 0 aromatic carbocycles. The number of hydrogen-bond acceptors (Lipinski definition) is 3. The van der Waals surface area contributed by atoms with Gasteiger partial charge in [0, 0.05) is 19.5 Å². The molecule has 5 nitrogen and oxygen atoms in total. The Balaban J connectivity index is 2.24.